The monoisotopic (exact) mass is 342 g/mol. The van der Waals surface area contributed by atoms with Gasteiger partial charge in [-0.05, 0) is 42.5 Å². The van der Waals surface area contributed by atoms with Crippen molar-refractivity contribution >= 4 is 15.9 Å². The molecular weight excluding hydrogens is 324 g/mol. The molecule has 1 saturated carbocycles. The van der Waals surface area contributed by atoms with Crippen LogP contribution in [0, 0.1) is 0 Å². The molecule has 1 nitrogen and oxygen atoms in total. The molecule has 2 heteroatoms. The highest BCUT2D eigenvalue weighted by Gasteiger charge is 2.50. The van der Waals surface area contributed by atoms with Gasteiger partial charge in [0.25, 0.3) is 0 Å². The summed E-state index contributed by atoms with van der Waals surface area (Å²) in [5.74, 6) is 1.07. The van der Waals surface area contributed by atoms with Crippen LogP contribution in [0.25, 0.3) is 0 Å². The SMILES string of the molecule is CC1Cc2cc(C(Br)C3(c4ccccc4)CC3)ccc2O1. The van der Waals surface area contributed by atoms with E-state index in [1.54, 1.807) is 0 Å². The number of rotatable bonds is 3. The van der Waals surface area contributed by atoms with Gasteiger partial charge in [0.2, 0.25) is 0 Å². The summed E-state index contributed by atoms with van der Waals surface area (Å²) in [6, 6.07) is 17.6. The second-order valence-electron chi connectivity index (χ2n) is 6.38. The van der Waals surface area contributed by atoms with Crippen LogP contribution in [0.2, 0.25) is 0 Å². The molecule has 0 saturated heterocycles. The lowest BCUT2D eigenvalue weighted by molar-refractivity contribution is 0.254. The molecule has 108 valence electrons. The highest BCUT2D eigenvalue weighted by Crippen LogP contribution is 2.60. The van der Waals surface area contributed by atoms with Crippen LogP contribution in [0.4, 0.5) is 0 Å². The van der Waals surface area contributed by atoms with Crippen molar-refractivity contribution in [1.29, 1.82) is 0 Å². The summed E-state index contributed by atoms with van der Waals surface area (Å²) in [6.07, 6.45) is 3.86. The Morgan fingerprint density at radius 2 is 1.90 bits per heavy atom. The van der Waals surface area contributed by atoms with Gasteiger partial charge < -0.3 is 4.74 Å². The molecule has 0 N–H and O–H groups in total. The minimum absolute atomic E-state index is 0.278. The Balaban J connectivity index is 1.67. The summed E-state index contributed by atoms with van der Waals surface area (Å²) in [5.41, 5.74) is 4.47. The van der Waals surface area contributed by atoms with Crippen LogP contribution in [-0.4, -0.2) is 6.10 Å². The number of benzene rings is 2. The van der Waals surface area contributed by atoms with E-state index < -0.39 is 0 Å². The number of ether oxygens (including phenoxy) is 1. The number of halogens is 1. The molecule has 1 fully saturated rings. The minimum Gasteiger partial charge on any atom is -0.490 e. The molecule has 2 aromatic rings. The molecule has 0 amide bonds. The predicted molar refractivity (Wildman–Crippen MR) is 89.3 cm³/mol. The lowest BCUT2D eigenvalue weighted by Gasteiger charge is -2.23. The topological polar surface area (TPSA) is 9.23 Å². The van der Waals surface area contributed by atoms with Crippen molar-refractivity contribution in [2.75, 3.05) is 0 Å². The van der Waals surface area contributed by atoms with Crippen LogP contribution < -0.4 is 4.74 Å². The predicted octanol–water partition coefficient (Wildman–Crippen LogP) is 5.18. The van der Waals surface area contributed by atoms with Crippen LogP contribution >= 0.6 is 15.9 Å². The van der Waals surface area contributed by atoms with Crippen molar-refractivity contribution in [2.45, 2.75) is 42.5 Å². The Bertz CT molecular complexity index is 661. The zero-order valence-electron chi connectivity index (χ0n) is 12.2. The maximum absolute atomic E-state index is 5.81. The van der Waals surface area contributed by atoms with Crippen LogP contribution in [0.15, 0.2) is 48.5 Å². The average Bonchev–Trinajstić information content (AvgIpc) is 3.23. The summed E-state index contributed by atoms with van der Waals surface area (Å²) < 4.78 is 5.81. The number of hydrogen-bond donors (Lipinski definition) is 0. The van der Waals surface area contributed by atoms with E-state index >= 15 is 0 Å². The van der Waals surface area contributed by atoms with E-state index in [-0.39, 0.29) is 5.41 Å². The molecule has 0 bridgehead atoms. The third-order valence-electron chi connectivity index (χ3n) is 4.84. The van der Waals surface area contributed by atoms with Gasteiger partial charge >= 0.3 is 0 Å². The van der Waals surface area contributed by atoms with Crippen LogP contribution in [0.1, 0.15) is 41.3 Å². The van der Waals surface area contributed by atoms with Crippen molar-refractivity contribution < 1.29 is 4.74 Å². The second kappa shape index (κ2) is 4.88. The fourth-order valence-electron chi connectivity index (χ4n) is 3.51. The average molecular weight is 343 g/mol. The minimum atomic E-state index is 0.278. The molecule has 2 unspecified atom stereocenters. The Labute approximate surface area is 134 Å². The fourth-order valence-corrected chi connectivity index (χ4v) is 4.52. The summed E-state index contributed by atoms with van der Waals surface area (Å²) in [5, 5.41) is 0. The first-order valence-electron chi connectivity index (χ1n) is 7.68. The van der Waals surface area contributed by atoms with Gasteiger partial charge in [0.1, 0.15) is 11.9 Å². The summed E-state index contributed by atoms with van der Waals surface area (Å²) >= 11 is 3.99. The van der Waals surface area contributed by atoms with Crippen molar-refractivity contribution in [3.8, 4) is 5.75 Å². The van der Waals surface area contributed by atoms with Gasteiger partial charge in [0, 0.05) is 16.7 Å². The highest BCUT2D eigenvalue weighted by molar-refractivity contribution is 9.09. The summed E-state index contributed by atoms with van der Waals surface area (Å²) in [4.78, 5) is 0.383. The van der Waals surface area contributed by atoms with E-state index in [1.807, 2.05) is 0 Å². The molecule has 21 heavy (non-hydrogen) atoms. The normalized spacial score (nSPS) is 23.2. The molecular formula is C19H19BrO. The number of fused-ring (bicyclic) bond motifs is 1. The zero-order valence-corrected chi connectivity index (χ0v) is 13.8. The fraction of sp³-hybridized carbons (Fsp3) is 0.368. The van der Waals surface area contributed by atoms with Crippen molar-refractivity contribution in [3.05, 3.63) is 65.2 Å². The van der Waals surface area contributed by atoms with Crippen LogP contribution in [0.5, 0.6) is 5.75 Å². The van der Waals surface area contributed by atoms with Gasteiger partial charge in [-0.2, -0.15) is 0 Å². The Kier molecular flexibility index (Phi) is 3.11. The van der Waals surface area contributed by atoms with Crippen LogP contribution in [-0.2, 0) is 11.8 Å². The van der Waals surface area contributed by atoms with E-state index in [4.69, 9.17) is 4.74 Å². The van der Waals surface area contributed by atoms with Crippen molar-refractivity contribution in [3.63, 3.8) is 0 Å². The van der Waals surface area contributed by atoms with E-state index in [2.05, 4.69) is 71.4 Å². The largest absolute Gasteiger partial charge is 0.490 e. The van der Waals surface area contributed by atoms with Gasteiger partial charge in [-0.3, -0.25) is 0 Å². The molecule has 1 aliphatic carbocycles. The summed E-state index contributed by atoms with van der Waals surface area (Å²) in [7, 11) is 0. The van der Waals surface area contributed by atoms with E-state index in [0.717, 1.165) is 12.2 Å². The Morgan fingerprint density at radius 1 is 1.14 bits per heavy atom. The first-order valence-corrected chi connectivity index (χ1v) is 8.60. The third kappa shape index (κ3) is 2.20. The molecule has 0 spiro atoms. The van der Waals surface area contributed by atoms with Crippen LogP contribution in [0.3, 0.4) is 0 Å². The van der Waals surface area contributed by atoms with Gasteiger partial charge in [-0.15, -0.1) is 0 Å². The lowest BCUT2D eigenvalue weighted by Crippen LogP contribution is -2.13. The van der Waals surface area contributed by atoms with Gasteiger partial charge in [0.15, 0.2) is 0 Å². The van der Waals surface area contributed by atoms with E-state index in [1.165, 1.54) is 29.5 Å². The Hall–Kier alpha value is -1.28. The maximum atomic E-state index is 5.81. The second-order valence-corrected chi connectivity index (χ2v) is 7.30. The maximum Gasteiger partial charge on any atom is 0.123 e. The summed E-state index contributed by atoms with van der Waals surface area (Å²) in [6.45, 7) is 2.14. The third-order valence-corrected chi connectivity index (χ3v) is 6.24. The zero-order chi connectivity index (χ0) is 14.4. The number of alkyl halides is 1. The molecule has 0 radical (unpaired) electrons. The van der Waals surface area contributed by atoms with Gasteiger partial charge in [-0.25, -0.2) is 0 Å². The highest BCUT2D eigenvalue weighted by atomic mass is 79.9. The molecule has 1 heterocycles. The molecule has 2 aromatic carbocycles. The quantitative estimate of drug-likeness (QED) is 0.698. The number of hydrogen-bond acceptors (Lipinski definition) is 1. The molecule has 1 aliphatic heterocycles. The van der Waals surface area contributed by atoms with E-state index in [9.17, 15) is 0 Å². The smallest absolute Gasteiger partial charge is 0.123 e. The standard InChI is InChI=1S/C19H19BrO/c1-13-11-15-12-14(7-8-17(15)21-13)18(20)19(9-10-19)16-5-3-2-4-6-16/h2-8,12-13,18H,9-11H2,1H3. The van der Waals surface area contributed by atoms with Gasteiger partial charge in [-0.1, -0.05) is 58.4 Å². The molecule has 0 aromatic heterocycles. The first kappa shape index (κ1) is 13.4. The molecule has 4 rings (SSSR count). The van der Waals surface area contributed by atoms with E-state index in [0.29, 0.717) is 10.9 Å². The van der Waals surface area contributed by atoms with Crippen molar-refractivity contribution in [1.82, 2.24) is 0 Å². The lowest BCUT2D eigenvalue weighted by atomic mass is 9.88. The van der Waals surface area contributed by atoms with Crippen molar-refractivity contribution in [2.24, 2.45) is 0 Å². The first-order chi connectivity index (χ1) is 10.2. The molecule has 2 atom stereocenters. The molecule has 2 aliphatic rings. The Morgan fingerprint density at radius 3 is 2.62 bits per heavy atom. The van der Waals surface area contributed by atoms with Gasteiger partial charge in [0.05, 0.1) is 0 Å².